The Bertz CT molecular complexity index is 1020. The average Bonchev–Trinajstić information content (AvgIpc) is 2.92. The zero-order valence-corrected chi connectivity index (χ0v) is 15.5. The van der Waals surface area contributed by atoms with Crippen LogP contribution in [0.15, 0.2) is 66.7 Å². The Kier molecular flexibility index (Phi) is 4.36. The van der Waals surface area contributed by atoms with Crippen LogP contribution >= 0.6 is 0 Å². The predicted octanol–water partition coefficient (Wildman–Crippen LogP) is 4.89. The van der Waals surface area contributed by atoms with Gasteiger partial charge in [0.2, 0.25) is 0 Å². The van der Waals surface area contributed by atoms with Crippen molar-refractivity contribution >= 4 is 17.5 Å². The summed E-state index contributed by atoms with van der Waals surface area (Å²) in [6.45, 7) is 4.05. The van der Waals surface area contributed by atoms with Gasteiger partial charge in [0.25, 0.3) is 11.8 Å². The molecule has 0 bridgehead atoms. The van der Waals surface area contributed by atoms with Crippen molar-refractivity contribution in [1.82, 2.24) is 0 Å². The number of anilines is 1. The lowest BCUT2D eigenvalue weighted by Gasteiger charge is -2.13. The smallest absolute Gasteiger partial charge is 0.266 e. The van der Waals surface area contributed by atoms with Crippen molar-refractivity contribution in [3.8, 4) is 0 Å². The Morgan fingerprint density at radius 3 is 1.81 bits per heavy atom. The van der Waals surface area contributed by atoms with Crippen LogP contribution in [-0.2, 0) is 12.8 Å². The van der Waals surface area contributed by atoms with Crippen LogP contribution in [-0.4, -0.2) is 11.8 Å². The van der Waals surface area contributed by atoms with E-state index >= 15 is 0 Å². The lowest BCUT2D eigenvalue weighted by atomic mass is 10.00. The number of amides is 2. The number of imide groups is 1. The molecular formula is C24H21NO2. The minimum absolute atomic E-state index is 0.240. The fourth-order valence-corrected chi connectivity index (χ4v) is 3.42. The Morgan fingerprint density at radius 2 is 1.15 bits per heavy atom. The largest absolute Gasteiger partial charge is 0.268 e. The molecule has 3 aromatic carbocycles. The van der Waals surface area contributed by atoms with E-state index in [1.807, 2.05) is 43.3 Å². The van der Waals surface area contributed by atoms with Gasteiger partial charge in [-0.25, -0.2) is 4.90 Å². The Balaban J connectivity index is 1.56. The van der Waals surface area contributed by atoms with Crippen molar-refractivity contribution in [2.45, 2.75) is 26.7 Å². The lowest BCUT2D eigenvalue weighted by molar-refractivity contribution is 0.0926. The van der Waals surface area contributed by atoms with Crippen LogP contribution in [0, 0.1) is 13.8 Å². The van der Waals surface area contributed by atoms with Crippen LogP contribution in [0.5, 0.6) is 0 Å². The highest BCUT2D eigenvalue weighted by Gasteiger charge is 2.36. The maximum Gasteiger partial charge on any atom is 0.266 e. The van der Waals surface area contributed by atoms with Gasteiger partial charge in [0.05, 0.1) is 16.8 Å². The third-order valence-corrected chi connectivity index (χ3v) is 5.07. The van der Waals surface area contributed by atoms with E-state index in [9.17, 15) is 9.59 Å². The highest BCUT2D eigenvalue weighted by Crippen LogP contribution is 2.29. The number of carbonyl (C=O) groups is 2. The SMILES string of the molecule is Cc1ccc(CCc2ccc3c(c2)C(=O)N(c2ccc(C)cc2)C3=O)cc1. The van der Waals surface area contributed by atoms with E-state index < -0.39 is 0 Å². The van der Waals surface area contributed by atoms with Gasteiger partial charge < -0.3 is 0 Å². The average molecular weight is 355 g/mol. The molecule has 27 heavy (non-hydrogen) atoms. The highest BCUT2D eigenvalue weighted by molar-refractivity contribution is 6.34. The topological polar surface area (TPSA) is 37.4 Å². The standard InChI is InChI=1S/C24H21NO2/c1-16-3-7-18(8-4-16)9-10-19-11-14-21-22(15-19)24(27)25(23(21)26)20-12-5-17(2)6-13-20/h3-8,11-15H,9-10H2,1-2H3. The minimum Gasteiger partial charge on any atom is -0.268 e. The van der Waals surface area contributed by atoms with Crippen molar-refractivity contribution in [3.05, 3.63) is 100 Å². The Labute approximate surface area is 159 Å². The first-order valence-electron chi connectivity index (χ1n) is 9.17. The summed E-state index contributed by atoms with van der Waals surface area (Å²) in [6.07, 6.45) is 1.74. The second-order valence-corrected chi connectivity index (χ2v) is 7.15. The summed E-state index contributed by atoms with van der Waals surface area (Å²) < 4.78 is 0. The molecule has 0 spiro atoms. The maximum absolute atomic E-state index is 12.9. The molecule has 0 N–H and O–H groups in total. The molecule has 3 nitrogen and oxygen atoms in total. The highest BCUT2D eigenvalue weighted by atomic mass is 16.2. The maximum atomic E-state index is 12.9. The number of aryl methyl sites for hydroxylation is 4. The van der Waals surface area contributed by atoms with Gasteiger partial charge in [-0.2, -0.15) is 0 Å². The van der Waals surface area contributed by atoms with E-state index in [1.165, 1.54) is 16.0 Å². The van der Waals surface area contributed by atoms with E-state index in [0.29, 0.717) is 16.8 Å². The second kappa shape index (κ2) is 6.84. The van der Waals surface area contributed by atoms with Crippen LogP contribution in [0.2, 0.25) is 0 Å². The molecule has 134 valence electrons. The third kappa shape index (κ3) is 3.28. The molecule has 4 rings (SSSR count). The number of benzene rings is 3. The van der Waals surface area contributed by atoms with Crippen molar-refractivity contribution in [2.24, 2.45) is 0 Å². The molecule has 0 atom stereocenters. The Hall–Kier alpha value is -3.20. The molecule has 1 aliphatic rings. The third-order valence-electron chi connectivity index (χ3n) is 5.07. The molecule has 1 aliphatic heterocycles. The molecule has 0 aromatic heterocycles. The van der Waals surface area contributed by atoms with Gasteiger partial charge in [0.1, 0.15) is 0 Å². The van der Waals surface area contributed by atoms with Crippen molar-refractivity contribution in [1.29, 1.82) is 0 Å². The van der Waals surface area contributed by atoms with Gasteiger partial charge in [-0.15, -0.1) is 0 Å². The van der Waals surface area contributed by atoms with Gasteiger partial charge in [-0.1, -0.05) is 53.6 Å². The fraction of sp³-hybridized carbons (Fsp3) is 0.167. The number of carbonyl (C=O) groups excluding carboxylic acids is 2. The predicted molar refractivity (Wildman–Crippen MR) is 107 cm³/mol. The van der Waals surface area contributed by atoms with Gasteiger partial charge >= 0.3 is 0 Å². The fourth-order valence-electron chi connectivity index (χ4n) is 3.42. The zero-order valence-electron chi connectivity index (χ0n) is 15.5. The molecule has 0 fully saturated rings. The van der Waals surface area contributed by atoms with Crippen molar-refractivity contribution in [2.75, 3.05) is 4.90 Å². The van der Waals surface area contributed by atoms with Gasteiger partial charge in [0, 0.05) is 0 Å². The van der Waals surface area contributed by atoms with E-state index in [1.54, 1.807) is 6.07 Å². The first kappa shape index (κ1) is 17.2. The molecule has 3 heteroatoms. The number of nitrogens with zero attached hydrogens (tertiary/aromatic N) is 1. The summed E-state index contributed by atoms with van der Waals surface area (Å²) in [4.78, 5) is 26.9. The lowest BCUT2D eigenvalue weighted by Crippen LogP contribution is -2.29. The first-order chi connectivity index (χ1) is 13.0. The first-order valence-corrected chi connectivity index (χ1v) is 9.17. The van der Waals surface area contributed by atoms with Gasteiger partial charge in [-0.05, 0) is 62.1 Å². The quantitative estimate of drug-likeness (QED) is 0.625. The van der Waals surface area contributed by atoms with Crippen molar-refractivity contribution < 1.29 is 9.59 Å². The van der Waals surface area contributed by atoms with E-state index in [0.717, 1.165) is 24.0 Å². The Morgan fingerprint density at radius 1 is 0.630 bits per heavy atom. The van der Waals surface area contributed by atoms with E-state index in [4.69, 9.17) is 0 Å². The molecule has 0 saturated carbocycles. The van der Waals surface area contributed by atoms with Crippen LogP contribution < -0.4 is 4.90 Å². The number of hydrogen-bond acceptors (Lipinski definition) is 2. The zero-order chi connectivity index (χ0) is 19.0. The summed E-state index contributed by atoms with van der Waals surface area (Å²) >= 11 is 0. The minimum atomic E-state index is -0.246. The van der Waals surface area contributed by atoms with Crippen molar-refractivity contribution in [3.63, 3.8) is 0 Å². The number of hydrogen-bond donors (Lipinski definition) is 0. The van der Waals surface area contributed by atoms with Crippen LogP contribution in [0.25, 0.3) is 0 Å². The number of fused-ring (bicyclic) bond motifs is 1. The molecule has 0 unspecified atom stereocenters. The van der Waals surface area contributed by atoms with E-state index in [-0.39, 0.29) is 11.8 Å². The number of rotatable bonds is 4. The normalized spacial score (nSPS) is 13.2. The molecule has 2 amide bonds. The van der Waals surface area contributed by atoms with Crippen LogP contribution in [0.1, 0.15) is 43.0 Å². The van der Waals surface area contributed by atoms with Gasteiger partial charge in [0.15, 0.2) is 0 Å². The summed E-state index contributed by atoms with van der Waals surface area (Å²) in [7, 11) is 0. The molecule has 1 heterocycles. The molecule has 0 saturated heterocycles. The summed E-state index contributed by atoms with van der Waals surface area (Å²) in [6, 6.07) is 21.6. The molecule has 3 aromatic rings. The van der Waals surface area contributed by atoms with Crippen LogP contribution in [0.3, 0.4) is 0 Å². The molecule has 0 aliphatic carbocycles. The second-order valence-electron chi connectivity index (χ2n) is 7.15. The summed E-state index contributed by atoms with van der Waals surface area (Å²) in [5, 5.41) is 0. The van der Waals surface area contributed by atoms with E-state index in [2.05, 4.69) is 31.2 Å². The molecular weight excluding hydrogens is 334 g/mol. The summed E-state index contributed by atoms with van der Waals surface area (Å²) in [5.41, 5.74) is 6.28. The van der Waals surface area contributed by atoms with Crippen LogP contribution in [0.4, 0.5) is 5.69 Å². The van der Waals surface area contributed by atoms with Gasteiger partial charge in [-0.3, -0.25) is 9.59 Å². The molecule has 0 radical (unpaired) electrons. The summed E-state index contributed by atoms with van der Waals surface area (Å²) in [5.74, 6) is -0.486. The monoisotopic (exact) mass is 355 g/mol.